The maximum Gasteiger partial charge on any atom is 0.252 e. The molecule has 4 heteroatoms. The zero-order valence-corrected chi connectivity index (χ0v) is 13.2. The molecule has 1 amide bonds. The van der Waals surface area contributed by atoms with Crippen molar-refractivity contribution in [2.75, 3.05) is 0 Å². The number of nitrogens with zero attached hydrogens (tertiary/aromatic N) is 2. The number of benzene rings is 2. The minimum absolute atomic E-state index is 0.109. The van der Waals surface area contributed by atoms with E-state index >= 15 is 0 Å². The fourth-order valence-corrected chi connectivity index (χ4v) is 2.65. The first kappa shape index (κ1) is 15.0. The molecule has 0 aliphatic carbocycles. The van der Waals surface area contributed by atoms with Crippen molar-refractivity contribution >= 4 is 5.91 Å². The van der Waals surface area contributed by atoms with Crippen LogP contribution in [0.4, 0.5) is 0 Å². The number of carbonyl (C=O) groups excluding carboxylic acids is 1. The van der Waals surface area contributed by atoms with Gasteiger partial charge in [-0.25, -0.2) is 4.98 Å². The van der Waals surface area contributed by atoms with Crippen molar-refractivity contribution < 1.29 is 4.79 Å². The zero-order chi connectivity index (χ0) is 16.2. The fraction of sp³-hybridized carbons (Fsp3) is 0.158. The van der Waals surface area contributed by atoms with Crippen molar-refractivity contribution in [2.45, 2.75) is 13.0 Å². The number of aryl methyl sites for hydroxylation is 2. The molecular formula is C19H19N3O. The van der Waals surface area contributed by atoms with Crippen molar-refractivity contribution in [2.24, 2.45) is 7.05 Å². The number of carbonyl (C=O) groups is 1. The van der Waals surface area contributed by atoms with Crippen LogP contribution in [-0.4, -0.2) is 15.5 Å². The van der Waals surface area contributed by atoms with Crippen LogP contribution in [0.2, 0.25) is 0 Å². The first-order valence-corrected chi connectivity index (χ1v) is 7.55. The molecular weight excluding hydrogens is 286 g/mol. The molecule has 116 valence electrons. The number of nitrogens with one attached hydrogen (secondary N) is 1. The summed E-state index contributed by atoms with van der Waals surface area (Å²) in [6, 6.07) is 17.0. The van der Waals surface area contributed by atoms with Crippen molar-refractivity contribution in [3.05, 3.63) is 89.5 Å². The normalized spacial score (nSPS) is 11.9. The van der Waals surface area contributed by atoms with Crippen LogP contribution < -0.4 is 5.32 Å². The quantitative estimate of drug-likeness (QED) is 0.804. The summed E-state index contributed by atoms with van der Waals surface area (Å²) < 4.78 is 1.93. The SMILES string of the molecule is Cc1ccccc1C(NC(=O)c1ccccc1)c1nccn1C. The minimum Gasteiger partial charge on any atom is -0.338 e. The Morgan fingerprint density at radius 1 is 1.09 bits per heavy atom. The van der Waals surface area contributed by atoms with E-state index in [-0.39, 0.29) is 11.9 Å². The van der Waals surface area contributed by atoms with Crippen molar-refractivity contribution in [1.29, 1.82) is 0 Å². The number of aromatic nitrogens is 2. The third kappa shape index (κ3) is 3.16. The molecule has 0 radical (unpaired) electrons. The molecule has 1 aromatic heterocycles. The summed E-state index contributed by atoms with van der Waals surface area (Å²) in [4.78, 5) is 17.0. The topological polar surface area (TPSA) is 46.9 Å². The summed E-state index contributed by atoms with van der Waals surface area (Å²) >= 11 is 0. The van der Waals surface area contributed by atoms with Gasteiger partial charge in [0.1, 0.15) is 11.9 Å². The van der Waals surface area contributed by atoms with Crippen molar-refractivity contribution in [3.8, 4) is 0 Å². The molecule has 3 rings (SSSR count). The Hall–Kier alpha value is -2.88. The number of imidazole rings is 1. The van der Waals surface area contributed by atoms with Gasteiger partial charge in [0.2, 0.25) is 0 Å². The molecule has 0 fully saturated rings. The van der Waals surface area contributed by atoms with Gasteiger partial charge in [0.15, 0.2) is 0 Å². The lowest BCUT2D eigenvalue weighted by Gasteiger charge is -2.21. The number of hydrogen-bond acceptors (Lipinski definition) is 2. The number of rotatable bonds is 4. The van der Waals surface area contributed by atoms with E-state index in [1.807, 2.05) is 79.3 Å². The minimum atomic E-state index is -0.288. The van der Waals surface area contributed by atoms with E-state index < -0.39 is 0 Å². The molecule has 3 aromatic rings. The second-order valence-corrected chi connectivity index (χ2v) is 5.53. The molecule has 0 bridgehead atoms. The second-order valence-electron chi connectivity index (χ2n) is 5.53. The van der Waals surface area contributed by atoms with Gasteiger partial charge in [-0.15, -0.1) is 0 Å². The average Bonchev–Trinajstić information content (AvgIpc) is 3.00. The molecule has 1 unspecified atom stereocenters. The van der Waals surface area contributed by atoms with Gasteiger partial charge in [-0.1, -0.05) is 42.5 Å². The lowest BCUT2D eigenvalue weighted by atomic mass is 10.00. The van der Waals surface area contributed by atoms with E-state index in [9.17, 15) is 4.79 Å². The predicted molar refractivity (Wildman–Crippen MR) is 90.1 cm³/mol. The Balaban J connectivity index is 1.98. The second kappa shape index (κ2) is 6.48. The lowest BCUT2D eigenvalue weighted by molar-refractivity contribution is 0.0941. The van der Waals surface area contributed by atoms with E-state index in [0.29, 0.717) is 5.56 Å². The van der Waals surface area contributed by atoms with Gasteiger partial charge in [-0.3, -0.25) is 4.79 Å². The Morgan fingerprint density at radius 2 is 1.78 bits per heavy atom. The molecule has 0 spiro atoms. The molecule has 0 saturated carbocycles. The smallest absolute Gasteiger partial charge is 0.252 e. The van der Waals surface area contributed by atoms with E-state index in [4.69, 9.17) is 0 Å². The number of amides is 1. The highest BCUT2D eigenvalue weighted by Gasteiger charge is 2.22. The van der Waals surface area contributed by atoms with Gasteiger partial charge < -0.3 is 9.88 Å². The molecule has 0 aliphatic heterocycles. The molecule has 4 nitrogen and oxygen atoms in total. The van der Waals surface area contributed by atoms with E-state index in [1.165, 1.54) is 0 Å². The van der Waals surface area contributed by atoms with Gasteiger partial charge in [0.05, 0.1) is 0 Å². The molecule has 1 N–H and O–H groups in total. The standard InChI is InChI=1S/C19H19N3O/c1-14-8-6-7-11-16(14)17(18-20-12-13-22(18)2)21-19(23)15-9-4-3-5-10-15/h3-13,17H,1-2H3,(H,21,23). The van der Waals surface area contributed by atoms with Crippen LogP contribution in [0.25, 0.3) is 0 Å². The predicted octanol–water partition coefficient (Wildman–Crippen LogP) is 3.25. The average molecular weight is 305 g/mol. The van der Waals surface area contributed by atoms with Crippen LogP contribution >= 0.6 is 0 Å². The van der Waals surface area contributed by atoms with E-state index in [0.717, 1.165) is 17.0 Å². The van der Waals surface area contributed by atoms with Gasteiger partial charge in [0, 0.05) is 25.0 Å². The lowest BCUT2D eigenvalue weighted by Crippen LogP contribution is -2.31. The monoisotopic (exact) mass is 305 g/mol. The fourth-order valence-electron chi connectivity index (χ4n) is 2.65. The summed E-state index contributed by atoms with van der Waals surface area (Å²) in [5, 5.41) is 3.11. The van der Waals surface area contributed by atoms with Gasteiger partial charge in [-0.05, 0) is 30.2 Å². The van der Waals surface area contributed by atoms with Crippen LogP contribution in [0.15, 0.2) is 67.0 Å². The highest BCUT2D eigenvalue weighted by atomic mass is 16.1. The molecule has 2 aromatic carbocycles. The van der Waals surface area contributed by atoms with Crippen LogP contribution in [0, 0.1) is 6.92 Å². The van der Waals surface area contributed by atoms with Crippen molar-refractivity contribution in [1.82, 2.24) is 14.9 Å². The van der Waals surface area contributed by atoms with Gasteiger partial charge in [0.25, 0.3) is 5.91 Å². The molecule has 0 saturated heterocycles. The Morgan fingerprint density at radius 3 is 2.43 bits per heavy atom. The third-order valence-corrected chi connectivity index (χ3v) is 3.93. The summed E-state index contributed by atoms with van der Waals surface area (Å²) in [6.07, 6.45) is 3.63. The van der Waals surface area contributed by atoms with Gasteiger partial charge >= 0.3 is 0 Å². The third-order valence-electron chi connectivity index (χ3n) is 3.93. The van der Waals surface area contributed by atoms with Crippen LogP contribution in [0.3, 0.4) is 0 Å². The molecule has 0 aliphatic rings. The van der Waals surface area contributed by atoms with E-state index in [2.05, 4.69) is 10.3 Å². The van der Waals surface area contributed by atoms with E-state index in [1.54, 1.807) is 6.20 Å². The summed E-state index contributed by atoms with van der Waals surface area (Å²) in [5.41, 5.74) is 2.81. The first-order valence-electron chi connectivity index (χ1n) is 7.55. The Labute approximate surface area is 135 Å². The Bertz CT molecular complexity index is 808. The van der Waals surface area contributed by atoms with Gasteiger partial charge in [-0.2, -0.15) is 0 Å². The first-order chi connectivity index (χ1) is 11.2. The van der Waals surface area contributed by atoms with Crippen LogP contribution in [-0.2, 0) is 7.05 Å². The summed E-state index contributed by atoms with van der Waals surface area (Å²) in [7, 11) is 1.93. The highest BCUT2D eigenvalue weighted by molar-refractivity contribution is 5.94. The molecule has 23 heavy (non-hydrogen) atoms. The zero-order valence-electron chi connectivity index (χ0n) is 13.2. The summed E-state index contributed by atoms with van der Waals surface area (Å²) in [6.45, 7) is 2.04. The van der Waals surface area contributed by atoms with Crippen LogP contribution in [0.5, 0.6) is 0 Å². The highest BCUT2D eigenvalue weighted by Crippen LogP contribution is 2.24. The van der Waals surface area contributed by atoms with Crippen molar-refractivity contribution in [3.63, 3.8) is 0 Å². The number of hydrogen-bond donors (Lipinski definition) is 1. The molecule has 1 heterocycles. The largest absolute Gasteiger partial charge is 0.338 e. The summed E-state index contributed by atoms with van der Waals surface area (Å²) in [5.74, 6) is 0.699. The maximum absolute atomic E-state index is 12.6. The molecule has 1 atom stereocenters. The Kier molecular flexibility index (Phi) is 4.24. The van der Waals surface area contributed by atoms with Crippen LogP contribution in [0.1, 0.15) is 33.4 Å². The maximum atomic E-state index is 12.6.